The van der Waals surface area contributed by atoms with Crippen LogP contribution in [0.5, 0.6) is 0 Å². The molecule has 0 amide bonds. The molecular weight excluding hydrogens is 172 g/mol. The maximum atomic E-state index is 8.38. The summed E-state index contributed by atoms with van der Waals surface area (Å²) in [6, 6.07) is 0. The topological polar surface area (TPSA) is 80.9 Å². The van der Waals surface area contributed by atoms with Gasteiger partial charge in [-0.25, -0.2) is 0 Å². The van der Waals surface area contributed by atoms with E-state index in [1.165, 1.54) is 0 Å². The predicted octanol–water partition coefficient (Wildman–Crippen LogP) is -0.111. The summed E-state index contributed by atoms with van der Waals surface area (Å²) in [6.07, 6.45) is 1.39. The maximum absolute atomic E-state index is 8.38. The highest BCUT2D eigenvalue weighted by atomic mass is 16.3. The highest BCUT2D eigenvalue weighted by Gasteiger charge is 1.99. The van der Waals surface area contributed by atoms with Crippen molar-refractivity contribution in [3.8, 4) is 0 Å². The third-order valence-electron chi connectivity index (χ3n) is 1.51. The van der Waals surface area contributed by atoms with Crippen LogP contribution >= 0.6 is 0 Å². The van der Waals surface area contributed by atoms with Crippen LogP contribution in [0.15, 0.2) is 0 Å². The molecule has 4 heteroatoms. The number of hydrogen-bond donors (Lipinski definition) is 4. The summed E-state index contributed by atoms with van der Waals surface area (Å²) >= 11 is 0. The van der Waals surface area contributed by atoms with E-state index in [0.29, 0.717) is 0 Å². The summed E-state index contributed by atoms with van der Waals surface area (Å²) in [5.41, 5.74) is 0. The van der Waals surface area contributed by atoms with E-state index in [2.05, 4.69) is 0 Å². The number of aliphatic hydroxyl groups excluding tert-OH is 4. The molecule has 0 aromatic rings. The molecule has 0 aliphatic rings. The van der Waals surface area contributed by atoms with Crippen molar-refractivity contribution < 1.29 is 20.4 Å². The maximum Gasteiger partial charge on any atom is 0.0768 e. The first-order valence-electron chi connectivity index (χ1n) is 4.64. The lowest BCUT2D eigenvalue weighted by atomic mass is 10.2. The summed E-state index contributed by atoms with van der Waals surface area (Å²) in [5, 5.41) is 33.2. The van der Waals surface area contributed by atoms with E-state index < -0.39 is 12.2 Å². The molecule has 0 aliphatic heterocycles. The molecule has 0 heterocycles. The Morgan fingerprint density at radius 2 is 1.08 bits per heavy atom. The third kappa shape index (κ3) is 18.7. The van der Waals surface area contributed by atoms with Crippen molar-refractivity contribution in [2.24, 2.45) is 0 Å². The first-order chi connectivity index (χ1) is 6.06. The summed E-state index contributed by atoms with van der Waals surface area (Å²) in [6.45, 7) is 3.59. The van der Waals surface area contributed by atoms with Crippen molar-refractivity contribution in [3.63, 3.8) is 0 Å². The van der Waals surface area contributed by atoms with Crippen LogP contribution in [0.25, 0.3) is 0 Å². The second-order valence-corrected chi connectivity index (χ2v) is 2.99. The van der Waals surface area contributed by atoms with Crippen molar-refractivity contribution >= 4 is 0 Å². The van der Waals surface area contributed by atoms with Crippen molar-refractivity contribution in [1.29, 1.82) is 0 Å². The number of hydrogen-bond acceptors (Lipinski definition) is 4. The van der Waals surface area contributed by atoms with Gasteiger partial charge in [0.1, 0.15) is 0 Å². The molecule has 0 rings (SSSR count). The second-order valence-electron chi connectivity index (χ2n) is 2.99. The van der Waals surface area contributed by atoms with E-state index in [9.17, 15) is 0 Å². The summed E-state index contributed by atoms with van der Waals surface area (Å²) in [4.78, 5) is 0. The van der Waals surface area contributed by atoms with Crippen molar-refractivity contribution in [3.05, 3.63) is 0 Å². The van der Waals surface area contributed by atoms with E-state index in [-0.39, 0.29) is 13.2 Å². The molecule has 0 bridgehead atoms. The highest BCUT2D eigenvalue weighted by Crippen LogP contribution is 1.90. The van der Waals surface area contributed by atoms with Crippen molar-refractivity contribution in [2.75, 3.05) is 13.2 Å². The average Bonchev–Trinajstić information content (AvgIpc) is 2.06. The molecule has 0 saturated heterocycles. The molecule has 82 valence electrons. The fourth-order valence-electron chi connectivity index (χ4n) is 0.400. The Labute approximate surface area is 79.8 Å². The van der Waals surface area contributed by atoms with Gasteiger partial charge in [0.15, 0.2) is 0 Å². The van der Waals surface area contributed by atoms with Gasteiger partial charge in [0.05, 0.1) is 12.2 Å². The molecule has 4 nitrogen and oxygen atoms in total. The molecule has 0 aromatic carbocycles. The molecule has 2 unspecified atom stereocenters. The molecule has 2 atom stereocenters. The Morgan fingerprint density at radius 3 is 1.23 bits per heavy atom. The normalized spacial score (nSPS) is 14.3. The Hall–Kier alpha value is -0.160. The Kier molecular flexibility index (Phi) is 14.0. The van der Waals surface area contributed by atoms with Crippen LogP contribution in [0.4, 0.5) is 0 Å². The Morgan fingerprint density at radius 1 is 0.769 bits per heavy atom. The zero-order valence-corrected chi connectivity index (χ0v) is 8.48. The van der Waals surface area contributed by atoms with Crippen LogP contribution in [0.1, 0.15) is 33.1 Å². The van der Waals surface area contributed by atoms with Gasteiger partial charge in [-0.3, -0.25) is 0 Å². The molecule has 13 heavy (non-hydrogen) atoms. The molecule has 0 spiro atoms. The Balaban J connectivity index is 0. The lowest BCUT2D eigenvalue weighted by Crippen LogP contribution is -2.17. The first kappa shape index (κ1) is 15.3. The van der Waals surface area contributed by atoms with Crippen LogP contribution in [0.2, 0.25) is 0 Å². The van der Waals surface area contributed by atoms with Gasteiger partial charge in [0.25, 0.3) is 0 Å². The molecule has 0 aliphatic carbocycles. The minimum absolute atomic E-state index is 0.250. The molecule has 0 saturated carbocycles. The molecular formula is C9H22O4. The van der Waals surface area contributed by atoms with Gasteiger partial charge in [-0.1, -0.05) is 0 Å². The van der Waals surface area contributed by atoms with E-state index in [1.807, 2.05) is 0 Å². The van der Waals surface area contributed by atoms with Gasteiger partial charge >= 0.3 is 0 Å². The summed E-state index contributed by atoms with van der Waals surface area (Å²) in [5.74, 6) is 0. The standard InChI is InChI=1S/C5H12O2.C4H10O2/c6-4-2-1-3-5-7;1-3(5)4(2)6/h6-7H,1-5H2;3-6H,1-2H3. The lowest BCUT2D eigenvalue weighted by molar-refractivity contribution is 0.0438. The van der Waals surface area contributed by atoms with Crippen LogP contribution in [0.3, 0.4) is 0 Å². The second kappa shape index (κ2) is 11.8. The van der Waals surface area contributed by atoms with Gasteiger partial charge in [-0.2, -0.15) is 0 Å². The Bertz CT molecular complexity index is 73.7. The fourth-order valence-corrected chi connectivity index (χ4v) is 0.400. The van der Waals surface area contributed by atoms with Crippen molar-refractivity contribution in [2.45, 2.75) is 45.3 Å². The van der Waals surface area contributed by atoms with Crippen molar-refractivity contribution in [1.82, 2.24) is 0 Å². The predicted molar refractivity (Wildman–Crippen MR) is 51.4 cm³/mol. The number of aliphatic hydroxyl groups is 4. The van der Waals surface area contributed by atoms with Gasteiger partial charge in [0.2, 0.25) is 0 Å². The van der Waals surface area contributed by atoms with Crippen LogP contribution in [-0.2, 0) is 0 Å². The van der Waals surface area contributed by atoms with Gasteiger partial charge in [-0.15, -0.1) is 0 Å². The summed E-state index contributed by atoms with van der Waals surface area (Å²) < 4.78 is 0. The largest absolute Gasteiger partial charge is 0.396 e. The van der Waals surface area contributed by atoms with Gasteiger partial charge < -0.3 is 20.4 Å². The lowest BCUT2D eigenvalue weighted by Gasteiger charge is -2.03. The van der Waals surface area contributed by atoms with E-state index in [0.717, 1.165) is 19.3 Å². The number of rotatable bonds is 5. The smallest absolute Gasteiger partial charge is 0.0768 e. The van der Waals surface area contributed by atoms with Crippen LogP contribution in [-0.4, -0.2) is 45.8 Å². The first-order valence-corrected chi connectivity index (χ1v) is 4.64. The zero-order valence-electron chi connectivity index (χ0n) is 8.48. The quantitative estimate of drug-likeness (QED) is 0.460. The van der Waals surface area contributed by atoms with E-state index in [1.54, 1.807) is 13.8 Å². The highest BCUT2D eigenvalue weighted by molar-refractivity contribution is 4.50. The average molecular weight is 194 g/mol. The minimum Gasteiger partial charge on any atom is -0.396 e. The molecule has 4 N–H and O–H groups in total. The third-order valence-corrected chi connectivity index (χ3v) is 1.51. The van der Waals surface area contributed by atoms with Gasteiger partial charge in [-0.05, 0) is 33.1 Å². The molecule has 0 aromatic heterocycles. The van der Waals surface area contributed by atoms with E-state index in [4.69, 9.17) is 20.4 Å². The minimum atomic E-state index is -0.593. The monoisotopic (exact) mass is 194 g/mol. The molecule has 0 radical (unpaired) electrons. The SMILES string of the molecule is CC(O)C(C)O.OCCCCCO. The van der Waals surface area contributed by atoms with Crippen LogP contribution in [0, 0.1) is 0 Å². The fraction of sp³-hybridized carbons (Fsp3) is 1.00. The van der Waals surface area contributed by atoms with Crippen LogP contribution < -0.4 is 0 Å². The zero-order chi connectivity index (χ0) is 10.7. The van der Waals surface area contributed by atoms with Gasteiger partial charge in [0, 0.05) is 13.2 Å². The summed E-state index contributed by atoms with van der Waals surface area (Å²) in [7, 11) is 0. The molecule has 0 fully saturated rings. The van der Waals surface area contributed by atoms with E-state index >= 15 is 0 Å². The number of unbranched alkanes of at least 4 members (excludes halogenated alkanes) is 2.